The molecule has 22 heavy (non-hydrogen) atoms. The summed E-state index contributed by atoms with van der Waals surface area (Å²) in [5, 5.41) is 2.65. The molecule has 0 fully saturated rings. The number of aromatic nitrogens is 2. The van der Waals surface area contributed by atoms with Gasteiger partial charge in [0.15, 0.2) is 0 Å². The molecular weight excluding hydrogens is 296 g/mol. The summed E-state index contributed by atoms with van der Waals surface area (Å²) in [5.74, 6) is 0. The maximum absolute atomic E-state index is 11.9. The van der Waals surface area contributed by atoms with Crippen LogP contribution in [0, 0.1) is 0 Å². The Labute approximate surface area is 128 Å². The zero-order valence-electron chi connectivity index (χ0n) is 13.1. The highest BCUT2D eigenvalue weighted by Gasteiger charge is 2.15. The van der Waals surface area contributed by atoms with Crippen LogP contribution in [0.2, 0.25) is 0 Å². The first-order chi connectivity index (χ1) is 10.3. The highest BCUT2D eigenvalue weighted by atomic mass is 19.3. The molecule has 1 aromatic rings. The summed E-state index contributed by atoms with van der Waals surface area (Å²) in [5.41, 5.74) is 0.352. The zero-order valence-corrected chi connectivity index (χ0v) is 13.1. The minimum Gasteiger partial charge on any atom is -0.444 e. The monoisotopic (exact) mass is 319 g/mol. The predicted molar refractivity (Wildman–Crippen MR) is 77.0 cm³/mol. The van der Waals surface area contributed by atoms with Gasteiger partial charge in [-0.15, -0.1) is 0 Å². The van der Waals surface area contributed by atoms with E-state index in [0.29, 0.717) is 19.5 Å². The van der Waals surface area contributed by atoms with E-state index in [4.69, 9.17) is 9.47 Å². The Morgan fingerprint density at radius 1 is 1.45 bits per heavy atom. The Morgan fingerprint density at radius 2 is 2.18 bits per heavy atom. The van der Waals surface area contributed by atoms with E-state index < -0.39 is 24.7 Å². The van der Waals surface area contributed by atoms with E-state index in [1.54, 1.807) is 33.3 Å². The number of carbonyl (C=O) groups is 1. The lowest BCUT2D eigenvalue weighted by atomic mass is 10.2. The molecule has 6 nitrogen and oxygen atoms in total. The lowest BCUT2D eigenvalue weighted by Gasteiger charge is -2.19. The minimum atomic E-state index is -2.46. The van der Waals surface area contributed by atoms with E-state index in [2.05, 4.69) is 10.3 Å². The Hall–Kier alpha value is -1.70. The number of ether oxygens (including phenoxy) is 2. The van der Waals surface area contributed by atoms with Gasteiger partial charge in [-0.3, -0.25) is 0 Å². The SMILES string of the molecule is CC(C)(C)OC(=O)NCCc1cncn1CCOCC(F)F. The van der Waals surface area contributed by atoms with E-state index in [1.807, 2.05) is 4.57 Å². The third-order valence-electron chi connectivity index (χ3n) is 2.57. The van der Waals surface area contributed by atoms with Gasteiger partial charge in [0, 0.05) is 31.4 Å². The molecule has 0 saturated carbocycles. The Bertz CT molecular complexity index is 458. The van der Waals surface area contributed by atoms with Crippen molar-refractivity contribution in [3.8, 4) is 0 Å². The summed E-state index contributed by atoms with van der Waals surface area (Å²) in [6.45, 7) is 5.84. The number of hydrogen-bond acceptors (Lipinski definition) is 4. The van der Waals surface area contributed by atoms with Crippen LogP contribution in [0.3, 0.4) is 0 Å². The summed E-state index contributed by atoms with van der Waals surface area (Å²) in [4.78, 5) is 15.5. The van der Waals surface area contributed by atoms with Gasteiger partial charge in [-0.25, -0.2) is 18.6 Å². The van der Waals surface area contributed by atoms with Crippen LogP contribution in [0.4, 0.5) is 13.6 Å². The molecule has 126 valence electrons. The molecule has 0 aromatic carbocycles. The van der Waals surface area contributed by atoms with E-state index in [0.717, 1.165) is 5.69 Å². The average molecular weight is 319 g/mol. The van der Waals surface area contributed by atoms with Gasteiger partial charge in [0.2, 0.25) is 0 Å². The average Bonchev–Trinajstić information content (AvgIpc) is 2.80. The van der Waals surface area contributed by atoms with E-state index in [1.165, 1.54) is 0 Å². The van der Waals surface area contributed by atoms with Crippen molar-refractivity contribution < 1.29 is 23.0 Å². The van der Waals surface area contributed by atoms with Crippen LogP contribution >= 0.6 is 0 Å². The molecule has 0 aliphatic carbocycles. The van der Waals surface area contributed by atoms with Crippen molar-refractivity contribution in [1.82, 2.24) is 14.9 Å². The van der Waals surface area contributed by atoms with Gasteiger partial charge < -0.3 is 19.4 Å². The van der Waals surface area contributed by atoms with Crippen molar-refractivity contribution in [3.63, 3.8) is 0 Å². The van der Waals surface area contributed by atoms with Crippen LogP contribution in [0.1, 0.15) is 26.5 Å². The van der Waals surface area contributed by atoms with Crippen LogP contribution in [0.5, 0.6) is 0 Å². The second-order valence-corrected chi connectivity index (χ2v) is 5.72. The van der Waals surface area contributed by atoms with Crippen molar-refractivity contribution >= 4 is 6.09 Å². The maximum Gasteiger partial charge on any atom is 0.407 e. The fraction of sp³-hybridized carbons (Fsp3) is 0.714. The van der Waals surface area contributed by atoms with E-state index in [9.17, 15) is 13.6 Å². The second kappa shape index (κ2) is 8.67. The first-order valence-corrected chi connectivity index (χ1v) is 7.09. The molecule has 0 bridgehead atoms. The molecule has 0 aliphatic rings. The standard InChI is InChI=1S/C14H23F2N3O3/c1-14(2,3)22-13(20)18-5-4-11-8-17-10-19(11)6-7-21-9-12(15)16/h8,10,12H,4-7,9H2,1-3H3,(H,18,20). The molecule has 0 unspecified atom stereocenters. The Balaban J connectivity index is 2.29. The molecule has 1 heterocycles. The summed E-state index contributed by atoms with van der Waals surface area (Å²) < 4.78 is 35.7. The lowest BCUT2D eigenvalue weighted by Crippen LogP contribution is -2.33. The van der Waals surface area contributed by atoms with Crippen molar-refractivity contribution in [3.05, 3.63) is 18.2 Å². The molecule has 0 atom stereocenters. The molecule has 1 aromatic heterocycles. The molecule has 8 heteroatoms. The lowest BCUT2D eigenvalue weighted by molar-refractivity contribution is 0.0146. The molecule has 0 radical (unpaired) electrons. The largest absolute Gasteiger partial charge is 0.444 e. The first-order valence-electron chi connectivity index (χ1n) is 7.09. The topological polar surface area (TPSA) is 65.4 Å². The van der Waals surface area contributed by atoms with Gasteiger partial charge in [0.1, 0.15) is 12.2 Å². The fourth-order valence-corrected chi connectivity index (χ4v) is 1.70. The van der Waals surface area contributed by atoms with Crippen LogP contribution in [0.25, 0.3) is 0 Å². The first kappa shape index (κ1) is 18.3. The van der Waals surface area contributed by atoms with E-state index in [-0.39, 0.29) is 6.61 Å². The number of alkyl carbamates (subject to hydrolysis) is 1. The van der Waals surface area contributed by atoms with Gasteiger partial charge in [-0.2, -0.15) is 0 Å². The number of alkyl halides is 2. The number of halogens is 2. The number of hydrogen-bond donors (Lipinski definition) is 1. The van der Waals surface area contributed by atoms with Crippen molar-refractivity contribution in [2.45, 2.75) is 45.8 Å². The predicted octanol–water partition coefficient (Wildman–Crippen LogP) is 2.23. The Kier molecular flexibility index (Phi) is 7.23. The van der Waals surface area contributed by atoms with Gasteiger partial charge in [-0.05, 0) is 20.8 Å². The summed E-state index contributed by atoms with van der Waals surface area (Å²) in [7, 11) is 0. The fourth-order valence-electron chi connectivity index (χ4n) is 1.70. The number of carbonyl (C=O) groups excluding carboxylic acids is 1. The third-order valence-corrected chi connectivity index (χ3v) is 2.57. The molecule has 0 spiro atoms. The second-order valence-electron chi connectivity index (χ2n) is 5.72. The van der Waals surface area contributed by atoms with Gasteiger partial charge in [-0.1, -0.05) is 0 Å². The molecular formula is C14H23F2N3O3. The third kappa shape index (κ3) is 7.92. The van der Waals surface area contributed by atoms with Crippen LogP contribution in [-0.2, 0) is 22.4 Å². The molecule has 1 N–H and O–H groups in total. The maximum atomic E-state index is 11.9. The number of nitrogens with one attached hydrogen (secondary N) is 1. The molecule has 0 saturated heterocycles. The number of nitrogens with zero attached hydrogens (tertiary/aromatic N) is 2. The molecule has 0 aliphatic heterocycles. The highest BCUT2D eigenvalue weighted by Crippen LogP contribution is 2.06. The van der Waals surface area contributed by atoms with Gasteiger partial charge >= 0.3 is 6.09 Å². The minimum absolute atomic E-state index is 0.188. The molecule has 1 amide bonds. The summed E-state index contributed by atoms with van der Waals surface area (Å²) in [6.07, 6.45) is 0.908. The molecule has 1 rings (SSSR count). The Morgan fingerprint density at radius 3 is 2.82 bits per heavy atom. The highest BCUT2D eigenvalue weighted by molar-refractivity contribution is 5.67. The van der Waals surface area contributed by atoms with E-state index >= 15 is 0 Å². The van der Waals surface area contributed by atoms with Crippen LogP contribution < -0.4 is 5.32 Å². The smallest absolute Gasteiger partial charge is 0.407 e. The summed E-state index contributed by atoms with van der Waals surface area (Å²) in [6, 6.07) is 0. The number of amides is 1. The number of rotatable bonds is 8. The normalized spacial score (nSPS) is 11.7. The van der Waals surface area contributed by atoms with Gasteiger partial charge in [0.05, 0.1) is 12.9 Å². The zero-order chi connectivity index (χ0) is 16.6. The van der Waals surface area contributed by atoms with Crippen LogP contribution in [-0.4, -0.2) is 47.4 Å². The number of imidazole rings is 1. The van der Waals surface area contributed by atoms with Crippen molar-refractivity contribution in [2.24, 2.45) is 0 Å². The summed E-state index contributed by atoms with van der Waals surface area (Å²) >= 11 is 0. The quantitative estimate of drug-likeness (QED) is 0.746. The van der Waals surface area contributed by atoms with Gasteiger partial charge in [0.25, 0.3) is 6.43 Å². The van der Waals surface area contributed by atoms with Crippen molar-refractivity contribution in [1.29, 1.82) is 0 Å². The van der Waals surface area contributed by atoms with Crippen molar-refractivity contribution in [2.75, 3.05) is 19.8 Å². The van der Waals surface area contributed by atoms with Crippen LogP contribution in [0.15, 0.2) is 12.5 Å².